The highest BCUT2D eigenvalue weighted by atomic mass is 19.4. The summed E-state index contributed by atoms with van der Waals surface area (Å²) in [4.78, 5) is 24.8. The van der Waals surface area contributed by atoms with Crippen molar-refractivity contribution in [3.63, 3.8) is 0 Å². The van der Waals surface area contributed by atoms with E-state index in [1.54, 1.807) is 0 Å². The van der Waals surface area contributed by atoms with E-state index in [2.05, 4.69) is 4.98 Å². The summed E-state index contributed by atoms with van der Waals surface area (Å²) in [6.45, 7) is 0. The maximum absolute atomic E-state index is 12.3. The smallest absolute Gasteiger partial charge is 0.423 e. The topological polar surface area (TPSA) is 82.3 Å². The standard InChI is InChI=1S/C13H7F3N2O4/c14-13(15,16)11-5-4-8(7-17-11)12(19)22-10-3-1-2-9(6-10)18(20)21/h1-7H. The number of alkyl halides is 3. The van der Waals surface area contributed by atoms with Crippen molar-refractivity contribution < 1.29 is 27.6 Å². The van der Waals surface area contributed by atoms with Gasteiger partial charge >= 0.3 is 12.1 Å². The van der Waals surface area contributed by atoms with E-state index in [-0.39, 0.29) is 17.0 Å². The molecule has 0 N–H and O–H groups in total. The number of rotatable bonds is 3. The number of ether oxygens (including phenoxy) is 1. The average Bonchev–Trinajstić information content (AvgIpc) is 2.46. The number of pyridine rings is 1. The van der Waals surface area contributed by atoms with Crippen LogP contribution >= 0.6 is 0 Å². The number of hydrogen-bond donors (Lipinski definition) is 0. The largest absolute Gasteiger partial charge is 0.433 e. The first-order valence-corrected chi connectivity index (χ1v) is 5.77. The number of esters is 1. The van der Waals surface area contributed by atoms with Gasteiger partial charge in [0.25, 0.3) is 5.69 Å². The lowest BCUT2D eigenvalue weighted by molar-refractivity contribution is -0.384. The molecule has 0 saturated heterocycles. The van der Waals surface area contributed by atoms with E-state index in [1.165, 1.54) is 18.2 Å². The monoisotopic (exact) mass is 312 g/mol. The van der Waals surface area contributed by atoms with Gasteiger partial charge in [0.2, 0.25) is 0 Å². The Morgan fingerprint density at radius 2 is 1.95 bits per heavy atom. The number of carbonyl (C=O) groups excluding carboxylic acids is 1. The van der Waals surface area contributed by atoms with Crippen LogP contribution in [-0.4, -0.2) is 15.9 Å². The van der Waals surface area contributed by atoms with Gasteiger partial charge in [-0.1, -0.05) is 6.07 Å². The molecule has 0 bridgehead atoms. The van der Waals surface area contributed by atoms with E-state index in [9.17, 15) is 28.1 Å². The first-order chi connectivity index (χ1) is 10.3. The molecule has 0 saturated carbocycles. The maximum Gasteiger partial charge on any atom is 0.433 e. The molecule has 0 fully saturated rings. The van der Waals surface area contributed by atoms with Crippen LogP contribution in [0.3, 0.4) is 0 Å². The Kier molecular flexibility index (Phi) is 4.06. The van der Waals surface area contributed by atoms with Crippen LogP contribution in [0.2, 0.25) is 0 Å². The Morgan fingerprint density at radius 1 is 1.23 bits per heavy atom. The number of hydrogen-bond acceptors (Lipinski definition) is 5. The zero-order valence-electron chi connectivity index (χ0n) is 10.7. The normalized spacial score (nSPS) is 11.0. The van der Waals surface area contributed by atoms with Crippen LogP contribution in [0.15, 0.2) is 42.6 Å². The van der Waals surface area contributed by atoms with Crippen molar-refractivity contribution >= 4 is 11.7 Å². The van der Waals surface area contributed by atoms with Gasteiger partial charge in [-0.05, 0) is 18.2 Å². The van der Waals surface area contributed by atoms with Gasteiger partial charge in [-0.2, -0.15) is 13.2 Å². The van der Waals surface area contributed by atoms with Crippen LogP contribution in [0, 0.1) is 10.1 Å². The number of non-ortho nitro benzene ring substituents is 1. The minimum atomic E-state index is -4.61. The minimum absolute atomic E-state index is 0.0981. The van der Waals surface area contributed by atoms with Crippen LogP contribution in [-0.2, 0) is 6.18 Å². The number of aromatic nitrogens is 1. The summed E-state index contributed by atoms with van der Waals surface area (Å²) in [5, 5.41) is 10.6. The van der Waals surface area contributed by atoms with Crippen molar-refractivity contribution in [1.82, 2.24) is 4.98 Å². The van der Waals surface area contributed by atoms with Gasteiger partial charge in [-0.15, -0.1) is 0 Å². The lowest BCUT2D eigenvalue weighted by Gasteiger charge is -2.07. The van der Waals surface area contributed by atoms with Gasteiger partial charge in [-0.25, -0.2) is 4.79 Å². The molecule has 1 heterocycles. The highest BCUT2D eigenvalue weighted by Gasteiger charge is 2.32. The lowest BCUT2D eigenvalue weighted by Crippen LogP contribution is -2.12. The fourth-order valence-electron chi connectivity index (χ4n) is 1.51. The van der Waals surface area contributed by atoms with Gasteiger partial charge in [0.1, 0.15) is 11.4 Å². The third-order valence-corrected chi connectivity index (χ3v) is 2.53. The van der Waals surface area contributed by atoms with Gasteiger partial charge in [-0.3, -0.25) is 15.1 Å². The fourth-order valence-corrected chi connectivity index (χ4v) is 1.51. The predicted octanol–water partition coefficient (Wildman–Crippen LogP) is 3.23. The number of carbonyl (C=O) groups is 1. The summed E-state index contributed by atoms with van der Waals surface area (Å²) >= 11 is 0. The Morgan fingerprint density at radius 3 is 2.50 bits per heavy atom. The van der Waals surface area contributed by atoms with Crippen LogP contribution in [0.25, 0.3) is 0 Å². The van der Waals surface area contributed by atoms with Crippen LogP contribution < -0.4 is 4.74 Å². The van der Waals surface area contributed by atoms with Crippen molar-refractivity contribution in [2.45, 2.75) is 6.18 Å². The fraction of sp³-hybridized carbons (Fsp3) is 0.0769. The molecule has 0 atom stereocenters. The molecule has 0 amide bonds. The third kappa shape index (κ3) is 3.57. The van der Waals surface area contributed by atoms with Crippen molar-refractivity contribution in [3.05, 3.63) is 64.0 Å². The van der Waals surface area contributed by atoms with Gasteiger partial charge in [0.05, 0.1) is 16.6 Å². The molecular weight excluding hydrogens is 305 g/mol. The second-order valence-electron chi connectivity index (χ2n) is 4.07. The molecule has 1 aromatic carbocycles. The van der Waals surface area contributed by atoms with Crippen molar-refractivity contribution in [3.8, 4) is 5.75 Å². The lowest BCUT2D eigenvalue weighted by atomic mass is 10.2. The molecule has 22 heavy (non-hydrogen) atoms. The van der Waals surface area contributed by atoms with Crippen LogP contribution in [0.5, 0.6) is 5.75 Å². The molecule has 6 nitrogen and oxygen atoms in total. The summed E-state index contributed by atoms with van der Waals surface area (Å²) in [5.41, 5.74) is -1.63. The Bertz CT molecular complexity index is 714. The molecule has 0 radical (unpaired) electrons. The molecule has 0 aliphatic carbocycles. The quantitative estimate of drug-likeness (QED) is 0.376. The first kappa shape index (κ1) is 15.4. The molecule has 0 spiro atoms. The van der Waals surface area contributed by atoms with E-state index in [0.29, 0.717) is 6.07 Å². The van der Waals surface area contributed by atoms with E-state index in [4.69, 9.17) is 4.74 Å². The summed E-state index contributed by atoms with van der Waals surface area (Å²) in [6.07, 6.45) is -3.88. The molecule has 0 aliphatic rings. The molecule has 2 aromatic rings. The van der Waals surface area contributed by atoms with E-state index < -0.39 is 22.8 Å². The molecule has 114 valence electrons. The van der Waals surface area contributed by atoms with Gasteiger partial charge < -0.3 is 4.74 Å². The molecule has 0 aliphatic heterocycles. The SMILES string of the molecule is O=C(Oc1cccc([N+](=O)[O-])c1)c1ccc(C(F)(F)F)nc1. The van der Waals surface area contributed by atoms with Gasteiger partial charge in [0.15, 0.2) is 0 Å². The van der Waals surface area contributed by atoms with Crippen molar-refractivity contribution in [2.24, 2.45) is 0 Å². The Hall–Kier alpha value is -2.97. The summed E-state index contributed by atoms with van der Waals surface area (Å²) in [5.74, 6) is -1.07. The average molecular weight is 312 g/mol. The Balaban J connectivity index is 2.15. The molecule has 1 aromatic heterocycles. The highest BCUT2D eigenvalue weighted by Crippen LogP contribution is 2.27. The van der Waals surface area contributed by atoms with Crippen molar-refractivity contribution in [2.75, 3.05) is 0 Å². The summed E-state index contributed by atoms with van der Waals surface area (Å²) < 4.78 is 41.9. The summed E-state index contributed by atoms with van der Waals surface area (Å²) in [6, 6.07) is 6.40. The Labute approximate surface area is 121 Å². The molecule has 2 rings (SSSR count). The summed E-state index contributed by atoms with van der Waals surface area (Å²) in [7, 11) is 0. The minimum Gasteiger partial charge on any atom is -0.423 e. The van der Waals surface area contributed by atoms with E-state index >= 15 is 0 Å². The zero-order chi connectivity index (χ0) is 16.3. The number of halogens is 3. The van der Waals surface area contributed by atoms with Crippen LogP contribution in [0.1, 0.15) is 16.1 Å². The van der Waals surface area contributed by atoms with Gasteiger partial charge in [0, 0.05) is 12.3 Å². The maximum atomic E-state index is 12.3. The molecule has 9 heteroatoms. The van der Waals surface area contributed by atoms with E-state index in [1.807, 2.05) is 0 Å². The highest BCUT2D eigenvalue weighted by molar-refractivity contribution is 5.90. The molecule has 0 unspecified atom stereocenters. The second-order valence-corrected chi connectivity index (χ2v) is 4.07. The second kappa shape index (κ2) is 5.80. The van der Waals surface area contributed by atoms with Crippen molar-refractivity contribution in [1.29, 1.82) is 0 Å². The number of nitrogens with zero attached hydrogens (tertiary/aromatic N) is 2. The zero-order valence-corrected chi connectivity index (χ0v) is 10.7. The van der Waals surface area contributed by atoms with Crippen LogP contribution in [0.4, 0.5) is 18.9 Å². The molecular formula is C13H7F3N2O4. The number of benzene rings is 1. The third-order valence-electron chi connectivity index (χ3n) is 2.53. The predicted molar refractivity (Wildman–Crippen MR) is 67.3 cm³/mol. The first-order valence-electron chi connectivity index (χ1n) is 5.77. The van der Waals surface area contributed by atoms with E-state index in [0.717, 1.165) is 18.3 Å². The number of nitro benzene ring substituents is 1. The number of nitro groups is 1.